The number of hydrogen-bond acceptors (Lipinski definition) is 3. The minimum atomic E-state index is -0.0636. The van der Waals surface area contributed by atoms with Gasteiger partial charge in [-0.1, -0.05) is 49.2 Å². The Morgan fingerprint density at radius 3 is 2.73 bits per heavy atom. The number of aromatic nitrogens is 1. The number of carbonyl (C=O) groups excluding carboxylic acids is 1. The molecule has 2 heterocycles. The number of Topliss-reactive ketones (excluding diaryl/α,β-unsaturated/α-hetero) is 1. The van der Waals surface area contributed by atoms with E-state index >= 15 is 0 Å². The molecule has 1 saturated heterocycles. The van der Waals surface area contributed by atoms with E-state index in [1.807, 2.05) is 18.2 Å². The van der Waals surface area contributed by atoms with Crippen molar-refractivity contribution in [1.82, 2.24) is 9.88 Å². The first-order valence-electron chi connectivity index (χ1n) is 12.0. The van der Waals surface area contributed by atoms with E-state index in [2.05, 4.69) is 29.2 Å². The van der Waals surface area contributed by atoms with Gasteiger partial charge in [0.2, 0.25) is 0 Å². The van der Waals surface area contributed by atoms with E-state index < -0.39 is 0 Å². The molecule has 2 aromatic rings. The molecule has 160 valence electrons. The van der Waals surface area contributed by atoms with Gasteiger partial charge in [-0.25, -0.2) is 0 Å². The zero-order chi connectivity index (χ0) is 20.8. The minimum Gasteiger partial charge on any atom is -0.298 e. The number of carbonyl (C=O) groups is 1. The van der Waals surface area contributed by atoms with Crippen LogP contribution >= 0.6 is 0 Å². The van der Waals surface area contributed by atoms with Gasteiger partial charge in [0, 0.05) is 17.9 Å². The van der Waals surface area contributed by atoms with Crippen molar-refractivity contribution >= 4 is 5.78 Å². The van der Waals surface area contributed by atoms with Gasteiger partial charge in [0.15, 0.2) is 5.78 Å². The van der Waals surface area contributed by atoms with Gasteiger partial charge in [-0.05, 0) is 87.9 Å². The molecule has 0 N–H and O–H groups in total. The largest absolute Gasteiger partial charge is 0.298 e. The lowest BCUT2D eigenvalue weighted by Crippen LogP contribution is -2.31. The van der Waals surface area contributed by atoms with Crippen LogP contribution in [0.25, 0.3) is 0 Å². The monoisotopic (exact) mass is 404 g/mol. The second kappa shape index (κ2) is 10.3. The van der Waals surface area contributed by atoms with Gasteiger partial charge < -0.3 is 0 Å². The lowest BCUT2D eigenvalue weighted by molar-refractivity contribution is -0.122. The molecule has 0 bridgehead atoms. The summed E-state index contributed by atoms with van der Waals surface area (Å²) in [6, 6.07) is 14.8. The van der Waals surface area contributed by atoms with Gasteiger partial charge in [-0.3, -0.25) is 14.7 Å². The van der Waals surface area contributed by atoms with E-state index in [-0.39, 0.29) is 11.8 Å². The summed E-state index contributed by atoms with van der Waals surface area (Å²) in [6.07, 6.45) is 12.5. The number of benzene rings is 1. The Morgan fingerprint density at radius 1 is 1.07 bits per heavy atom. The van der Waals surface area contributed by atoms with Crippen LogP contribution in [0, 0.1) is 5.92 Å². The molecule has 0 radical (unpaired) electrons. The van der Waals surface area contributed by atoms with Crippen molar-refractivity contribution in [3.63, 3.8) is 0 Å². The van der Waals surface area contributed by atoms with Crippen LogP contribution in [0.5, 0.6) is 0 Å². The van der Waals surface area contributed by atoms with Crippen LogP contribution in [0.3, 0.4) is 0 Å². The van der Waals surface area contributed by atoms with Gasteiger partial charge in [-0.2, -0.15) is 0 Å². The summed E-state index contributed by atoms with van der Waals surface area (Å²) in [7, 11) is 0. The van der Waals surface area contributed by atoms with E-state index in [0.29, 0.717) is 0 Å². The molecule has 1 aliphatic heterocycles. The Labute approximate surface area is 181 Å². The third kappa shape index (κ3) is 5.37. The number of unbranched alkanes of at least 4 members (excludes halogenated alkanes) is 2. The summed E-state index contributed by atoms with van der Waals surface area (Å²) in [5, 5.41) is 0. The molecule has 0 spiro atoms. The van der Waals surface area contributed by atoms with Crippen LogP contribution in [0.1, 0.15) is 80.4 Å². The maximum absolute atomic E-state index is 12.3. The van der Waals surface area contributed by atoms with Crippen molar-refractivity contribution in [2.45, 2.75) is 77.2 Å². The molecule has 1 aliphatic carbocycles. The third-order valence-electron chi connectivity index (χ3n) is 6.96. The number of hydrogen-bond donors (Lipinski definition) is 0. The zero-order valence-corrected chi connectivity index (χ0v) is 18.5. The van der Waals surface area contributed by atoms with Crippen LogP contribution in [0.15, 0.2) is 42.5 Å². The topological polar surface area (TPSA) is 33.2 Å². The summed E-state index contributed by atoms with van der Waals surface area (Å²) in [6.45, 7) is 3.84. The standard InChI is InChI=1S/C27H36N2O/c1-21(30)27(24-12-5-3-6-13-24)29-19-18-22(20-29)10-4-2-7-14-25-17-16-23-11-8-9-15-26(23)28-25/h3,5-6,12-13,16-17,22,27H,2,4,7-11,14-15,18-20H2,1H3/t22-,27+/m1/s1. The lowest BCUT2D eigenvalue weighted by atomic mass is 9.95. The number of nitrogens with zero attached hydrogens (tertiary/aromatic N) is 2. The predicted octanol–water partition coefficient (Wildman–Crippen LogP) is 5.72. The predicted molar refractivity (Wildman–Crippen MR) is 123 cm³/mol. The van der Waals surface area contributed by atoms with E-state index in [1.54, 1.807) is 6.92 Å². The Kier molecular flexibility index (Phi) is 7.33. The summed E-state index contributed by atoms with van der Waals surface area (Å²) < 4.78 is 0. The fraction of sp³-hybridized carbons (Fsp3) is 0.556. The molecule has 3 heteroatoms. The Hall–Kier alpha value is -2.00. The van der Waals surface area contributed by atoms with Crippen LogP contribution in [0.2, 0.25) is 0 Å². The first-order chi connectivity index (χ1) is 14.7. The number of fused-ring (bicyclic) bond motifs is 1. The van der Waals surface area contributed by atoms with Crippen molar-refractivity contribution in [2.24, 2.45) is 5.92 Å². The lowest BCUT2D eigenvalue weighted by Gasteiger charge is -2.26. The fourth-order valence-corrected chi connectivity index (χ4v) is 5.35. The highest BCUT2D eigenvalue weighted by atomic mass is 16.1. The second-order valence-electron chi connectivity index (χ2n) is 9.29. The van der Waals surface area contributed by atoms with Crippen LogP contribution < -0.4 is 0 Å². The minimum absolute atomic E-state index is 0.0636. The van der Waals surface area contributed by atoms with Crippen molar-refractivity contribution < 1.29 is 4.79 Å². The van der Waals surface area contributed by atoms with E-state index in [0.717, 1.165) is 31.0 Å². The van der Waals surface area contributed by atoms with Crippen LogP contribution in [-0.4, -0.2) is 28.8 Å². The summed E-state index contributed by atoms with van der Waals surface area (Å²) in [5.41, 5.74) is 5.27. The molecular weight excluding hydrogens is 368 g/mol. The first-order valence-corrected chi connectivity index (χ1v) is 12.0. The average molecular weight is 405 g/mol. The van der Waals surface area contributed by atoms with Crippen LogP contribution in [0.4, 0.5) is 0 Å². The Bertz CT molecular complexity index is 832. The van der Waals surface area contributed by atoms with E-state index in [4.69, 9.17) is 4.98 Å². The van der Waals surface area contributed by atoms with E-state index in [9.17, 15) is 4.79 Å². The van der Waals surface area contributed by atoms with Gasteiger partial charge in [0.1, 0.15) is 0 Å². The van der Waals surface area contributed by atoms with E-state index in [1.165, 1.54) is 74.7 Å². The molecule has 1 aromatic heterocycles. The summed E-state index contributed by atoms with van der Waals surface area (Å²) in [4.78, 5) is 19.6. The third-order valence-corrected chi connectivity index (χ3v) is 6.96. The number of aryl methyl sites for hydroxylation is 3. The quantitative estimate of drug-likeness (QED) is 0.502. The molecule has 2 atom stereocenters. The van der Waals surface area contributed by atoms with Crippen LogP contribution in [-0.2, 0) is 24.1 Å². The molecule has 1 aromatic carbocycles. The van der Waals surface area contributed by atoms with Gasteiger partial charge >= 0.3 is 0 Å². The van der Waals surface area contributed by atoms with Crippen molar-refractivity contribution in [3.05, 3.63) is 65.0 Å². The van der Waals surface area contributed by atoms with Crippen molar-refractivity contribution in [3.8, 4) is 0 Å². The molecule has 3 nitrogen and oxygen atoms in total. The zero-order valence-electron chi connectivity index (χ0n) is 18.5. The summed E-state index contributed by atoms with van der Waals surface area (Å²) in [5.74, 6) is 0.997. The highest BCUT2D eigenvalue weighted by molar-refractivity contribution is 5.82. The number of likely N-dealkylation sites (tertiary alicyclic amines) is 1. The number of rotatable bonds is 9. The number of pyridine rings is 1. The summed E-state index contributed by atoms with van der Waals surface area (Å²) >= 11 is 0. The molecule has 2 aliphatic rings. The first kappa shape index (κ1) is 21.2. The molecular formula is C27H36N2O. The molecule has 0 unspecified atom stereocenters. The van der Waals surface area contributed by atoms with Crippen molar-refractivity contribution in [1.29, 1.82) is 0 Å². The van der Waals surface area contributed by atoms with Gasteiger partial charge in [0.25, 0.3) is 0 Å². The van der Waals surface area contributed by atoms with Gasteiger partial charge in [-0.15, -0.1) is 0 Å². The smallest absolute Gasteiger partial charge is 0.151 e. The fourth-order valence-electron chi connectivity index (χ4n) is 5.35. The van der Waals surface area contributed by atoms with Crippen molar-refractivity contribution in [2.75, 3.05) is 13.1 Å². The molecule has 4 rings (SSSR count). The second-order valence-corrected chi connectivity index (χ2v) is 9.29. The molecule has 30 heavy (non-hydrogen) atoms. The molecule has 0 amide bonds. The normalized spacial score (nSPS) is 20.1. The SMILES string of the molecule is CC(=O)[C@@H](c1ccccc1)N1CC[C@@H](CCCCCc2ccc3c(n2)CCCC3)C1. The molecule has 0 saturated carbocycles. The number of ketones is 1. The Balaban J connectivity index is 1.19. The maximum Gasteiger partial charge on any atom is 0.151 e. The van der Waals surface area contributed by atoms with Gasteiger partial charge in [0.05, 0.1) is 6.04 Å². The molecule has 1 fully saturated rings. The Morgan fingerprint density at radius 2 is 1.90 bits per heavy atom. The maximum atomic E-state index is 12.3. The highest BCUT2D eigenvalue weighted by Gasteiger charge is 2.31. The highest BCUT2D eigenvalue weighted by Crippen LogP contribution is 2.31. The average Bonchev–Trinajstić information content (AvgIpc) is 3.22.